The van der Waals surface area contributed by atoms with E-state index in [-0.39, 0.29) is 17.0 Å². The fraction of sp³-hybridized carbons (Fsp3) is 0.417. The van der Waals surface area contributed by atoms with Crippen molar-refractivity contribution in [1.29, 1.82) is 0 Å². The monoisotopic (exact) mass is 535 g/mol. The van der Waals surface area contributed by atoms with Gasteiger partial charge in [-0.15, -0.1) is 0 Å². The zero-order valence-corrected chi connectivity index (χ0v) is 18.7. The molecule has 0 aliphatic carbocycles. The molecule has 2 aromatic heterocycles. The number of alkyl halides is 1. The van der Waals surface area contributed by atoms with Crippen molar-refractivity contribution in [2.45, 2.75) is 24.1 Å². The summed E-state index contributed by atoms with van der Waals surface area (Å²) in [6.07, 6.45) is -4.81. The molecule has 17 nitrogen and oxygen atoms in total. The Morgan fingerprint density at radius 3 is 2.52 bits per heavy atom. The summed E-state index contributed by atoms with van der Waals surface area (Å²) >= 11 is 0. The minimum atomic E-state index is -5.79. The van der Waals surface area contributed by atoms with Crippen LogP contribution in [0, 0.1) is 0 Å². The number of ether oxygens (including phenoxy) is 1. The number of aliphatic imine (C=N–C) groups is 1. The number of halogens is 1. The Morgan fingerprint density at radius 2 is 1.91 bits per heavy atom. The highest BCUT2D eigenvalue weighted by atomic mass is 31.3. The van der Waals surface area contributed by atoms with Crippen molar-refractivity contribution in [3.8, 4) is 0 Å². The van der Waals surface area contributed by atoms with Crippen LogP contribution in [0.5, 0.6) is 0 Å². The van der Waals surface area contributed by atoms with Crippen LogP contribution in [0.4, 0.5) is 10.2 Å². The van der Waals surface area contributed by atoms with Crippen LogP contribution >= 0.6 is 23.5 Å². The number of fused-ring (bicyclic) bond motifs is 1. The maximum Gasteiger partial charge on any atom is 0.490 e. The Labute approximate surface area is 183 Å². The molecule has 7 N–H and O–H groups in total. The van der Waals surface area contributed by atoms with Crippen molar-refractivity contribution < 1.29 is 60.6 Å². The number of nitrogens with zero attached hydrogens (tertiary/aromatic N) is 4. The molecule has 2 aromatic rings. The van der Waals surface area contributed by atoms with Gasteiger partial charge in [-0.05, 0) is 18.9 Å². The maximum atomic E-state index is 15.0. The van der Waals surface area contributed by atoms with Crippen LogP contribution in [0.3, 0.4) is 0 Å². The zero-order valence-electron chi connectivity index (χ0n) is 16.1. The smallest absolute Gasteiger partial charge is 0.385 e. The number of rotatable bonds is 9. The number of nitrogen functional groups attached to an aromatic ring is 1. The maximum absolute atomic E-state index is 15.0. The molecule has 6 atom stereocenters. The minimum Gasteiger partial charge on any atom is -0.385 e. The fourth-order valence-electron chi connectivity index (χ4n) is 2.95. The first-order chi connectivity index (χ1) is 15.1. The molecule has 1 saturated heterocycles. The summed E-state index contributed by atoms with van der Waals surface area (Å²) in [6.45, 7) is 1.89. The van der Waals surface area contributed by atoms with Crippen LogP contribution in [0.1, 0.15) is 11.8 Å². The number of anilines is 1. The van der Waals surface area contributed by atoms with E-state index >= 15 is 0 Å². The van der Waals surface area contributed by atoms with Crippen LogP contribution in [0.2, 0.25) is 0 Å². The van der Waals surface area contributed by atoms with Crippen LogP contribution in [0.15, 0.2) is 23.5 Å². The molecule has 1 fully saturated rings. The first kappa shape index (κ1) is 26.0. The van der Waals surface area contributed by atoms with Crippen molar-refractivity contribution in [3.05, 3.63) is 24.2 Å². The molecule has 0 radical (unpaired) electrons. The predicted octanol–water partition coefficient (Wildman–Crippen LogP) is -0.178. The highest BCUT2D eigenvalue weighted by molar-refractivity contribution is 7.66. The van der Waals surface area contributed by atoms with E-state index in [4.69, 9.17) is 20.3 Å². The van der Waals surface area contributed by atoms with E-state index in [9.17, 15) is 33.0 Å². The molecular formula is C12H17FN5O12P3. The van der Waals surface area contributed by atoms with Crippen molar-refractivity contribution >= 4 is 41.5 Å². The number of nitrogens with two attached hydrogens (primary N) is 1. The number of hydrogen-bond donors (Lipinski definition) is 6. The Morgan fingerprint density at radius 1 is 1.24 bits per heavy atom. The highest BCUT2D eigenvalue weighted by Crippen LogP contribution is 2.66. The van der Waals surface area contributed by atoms with Gasteiger partial charge < -0.3 is 35.2 Å². The number of aliphatic hydroxyl groups excluding tert-OH is 1. The number of phosphoric acid groups is 3. The molecule has 2 unspecified atom stereocenters. The van der Waals surface area contributed by atoms with Gasteiger partial charge in [-0.1, -0.05) is 0 Å². The molecule has 1 aliphatic heterocycles. The third kappa shape index (κ3) is 5.54. The van der Waals surface area contributed by atoms with Gasteiger partial charge >= 0.3 is 23.5 Å². The topological polar surface area (TPSA) is 258 Å². The summed E-state index contributed by atoms with van der Waals surface area (Å²) in [7, 11) is -17.0. The molecule has 0 saturated carbocycles. The van der Waals surface area contributed by atoms with Crippen molar-refractivity contribution in [1.82, 2.24) is 14.6 Å². The van der Waals surface area contributed by atoms with E-state index in [2.05, 4.69) is 34.9 Å². The molecule has 3 heterocycles. The van der Waals surface area contributed by atoms with Crippen LogP contribution in [-0.4, -0.2) is 70.6 Å². The molecule has 21 heteroatoms. The van der Waals surface area contributed by atoms with E-state index in [1.807, 2.05) is 0 Å². The van der Waals surface area contributed by atoms with E-state index in [1.165, 1.54) is 16.6 Å². The lowest BCUT2D eigenvalue weighted by Gasteiger charge is -2.27. The summed E-state index contributed by atoms with van der Waals surface area (Å²) in [5.74, 6) is 0.0611. The Bertz CT molecular complexity index is 1210. The lowest BCUT2D eigenvalue weighted by Crippen LogP contribution is -2.44. The standard InChI is InChI=1S/C12H17FN5O12P3/c1-15-12(4-27-32(23,24)30-33(25,26)29-31(20,21)22)10(19)8(13)9(28-12)6-2-3-7-11(14)16-5-17-18(6)7/h2-3,5,8-10,19H,1,4H2,(H,23,24)(H,25,26)(H2,14,16,17)(H2,20,21,22)/t8-,9-,10-,12+/m0/s1. The molecular weight excluding hydrogens is 518 g/mol. The van der Waals surface area contributed by atoms with Gasteiger partial charge in [-0.3, -0.25) is 9.52 Å². The Kier molecular flexibility index (Phi) is 6.96. The average Bonchev–Trinajstić information content (AvgIpc) is 3.19. The lowest BCUT2D eigenvalue weighted by atomic mass is 10.0. The first-order valence-corrected chi connectivity index (χ1v) is 13.0. The van der Waals surface area contributed by atoms with Crippen molar-refractivity contribution in [3.63, 3.8) is 0 Å². The predicted molar refractivity (Wildman–Crippen MR) is 104 cm³/mol. The third-order valence-corrected chi connectivity index (χ3v) is 8.09. The number of hydrogen-bond acceptors (Lipinski definition) is 12. The summed E-state index contributed by atoms with van der Waals surface area (Å²) in [4.78, 5) is 43.1. The summed E-state index contributed by atoms with van der Waals surface area (Å²) < 4.78 is 67.2. The summed E-state index contributed by atoms with van der Waals surface area (Å²) in [6, 6.07) is 2.81. The summed E-state index contributed by atoms with van der Waals surface area (Å²) in [5.41, 5.74) is 3.63. The Hall–Kier alpha value is -1.65. The van der Waals surface area contributed by atoms with Gasteiger partial charge in [-0.2, -0.15) is 13.7 Å². The van der Waals surface area contributed by atoms with Gasteiger partial charge in [0.1, 0.15) is 30.7 Å². The molecule has 184 valence electrons. The number of phosphoric ester groups is 1. The van der Waals surface area contributed by atoms with Crippen LogP contribution in [0.25, 0.3) is 5.52 Å². The lowest BCUT2D eigenvalue weighted by molar-refractivity contribution is -0.104. The quantitative estimate of drug-likeness (QED) is 0.180. The van der Waals surface area contributed by atoms with E-state index in [0.717, 1.165) is 6.33 Å². The molecule has 0 aromatic carbocycles. The van der Waals surface area contributed by atoms with Crippen LogP contribution in [-0.2, 0) is 31.6 Å². The third-order valence-electron chi connectivity index (χ3n) is 4.30. The molecule has 0 amide bonds. The number of aliphatic hydroxyl groups is 1. The SMILES string of the molecule is C=N[C@]1(COP(=O)(O)OP(=O)(O)OP(=O)(O)O)O[C@@H](c2ccc3c(N)ncnn23)[C@H](F)[C@@H]1O. The van der Waals surface area contributed by atoms with E-state index in [0.29, 0.717) is 0 Å². The molecule has 0 bridgehead atoms. The van der Waals surface area contributed by atoms with Gasteiger partial charge in [0, 0.05) is 0 Å². The van der Waals surface area contributed by atoms with Gasteiger partial charge in [0.15, 0.2) is 12.0 Å². The fourth-order valence-corrected chi connectivity index (χ4v) is 6.00. The van der Waals surface area contributed by atoms with Gasteiger partial charge in [0.2, 0.25) is 5.72 Å². The van der Waals surface area contributed by atoms with Gasteiger partial charge in [-0.25, -0.2) is 27.6 Å². The second-order valence-electron chi connectivity index (χ2n) is 6.50. The largest absolute Gasteiger partial charge is 0.490 e. The number of aromatic nitrogens is 3. The summed E-state index contributed by atoms with van der Waals surface area (Å²) in [5, 5.41) is 14.3. The first-order valence-electron chi connectivity index (χ1n) is 8.44. The van der Waals surface area contributed by atoms with Crippen LogP contribution < -0.4 is 5.73 Å². The highest BCUT2D eigenvalue weighted by Gasteiger charge is 2.57. The molecule has 1 aliphatic rings. The Balaban J connectivity index is 1.81. The molecule has 33 heavy (non-hydrogen) atoms. The second kappa shape index (κ2) is 8.85. The van der Waals surface area contributed by atoms with Gasteiger partial charge in [0.05, 0.1) is 5.69 Å². The van der Waals surface area contributed by atoms with E-state index in [1.54, 1.807) is 0 Å². The molecule has 0 spiro atoms. The normalized spacial score (nSPS) is 29.6. The molecule has 3 rings (SSSR count). The van der Waals surface area contributed by atoms with Gasteiger partial charge in [0.25, 0.3) is 0 Å². The van der Waals surface area contributed by atoms with Crippen molar-refractivity contribution in [2.75, 3.05) is 12.3 Å². The van der Waals surface area contributed by atoms with Crippen molar-refractivity contribution in [2.24, 2.45) is 4.99 Å². The average molecular weight is 535 g/mol. The zero-order chi connectivity index (χ0) is 24.8. The minimum absolute atomic E-state index is 0.0505. The van der Waals surface area contributed by atoms with E-state index < -0.39 is 54.2 Å². The second-order valence-corrected chi connectivity index (χ2v) is 10.9.